The van der Waals surface area contributed by atoms with Gasteiger partial charge < -0.3 is 5.73 Å². The zero-order valence-corrected chi connectivity index (χ0v) is 10.1. The number of rotatable bonds is 2. The molecule has 1 unspecified atom stereocenters. The van der Waals surface area contributed by atoms with Crippen molar-refractivity contribution in [2.45, 2.75) is 25.3 Å². The van der Waals surface area contributed by atoms with E-state index >= 15 is 0 Å². The van der Waals surface area contributed by atoms with Crippen LogP contribution in [0.2, 0.25) is 0 Å². The molecule has 3 rings (SSSR count). The van der Waals surface area contributed by atoms with Crippen LogP contribution in [-0.2, 0) is 19.9 Å². The van der Waals surface area contributed by atoms with Gasteiger partial charge in [-0.1, -0.05) is 0 Å². The lowest BCUT2D eigenvalue weighted by atomic mass is 10.1. The Labute approximate surface area is 98.9 Å². The van der Waals surface area contributed by atoms with Crippen molar-refractivity contribution in [1.82, 2.24) is 9.78 Å². The van der Waals surface area contributed by atoms with E-state index < -0.39 is 0 Å². The van der Waals surface area contributed by atoms with E-state index in [2.05, 4.69) is 11.2 Å². The fraction of sp³-hybridized carbons (Fsp3) is 0.417. The van der Waals surface area contributed by atoms with Gasteiger partial charge in [0, 0.05) is 23.0 Å². The maximum absolute atomic E-state index is 6.27. The predicted octanol–water partition coefficient (Wildman–Crippen LogP) is 2.02. The third kappa shape index (κ3) is 1.49. The maximum atomic E-state index is 6.27. The van der Waals surface area contributed by atoms with Gasteiger partial charge in [0.2, 0.25) is 0 Å². The van der Waals surface area contributed by atoms with Crippen LogP contribution in [0.1, 0.15) is 33.5 Å². The first-order valence-corrected chi connectivity index (χ1v) is 6.42. The molecule has 0 aromatic carbocycles. The molecule has 2 heterocycles. The molecule has 4 heteroatoms. The molecule has 0 saturated heterocycles. The van der Waals surface area contributed by atoms with Crippen LogP contribution in [0.25, 0.3) is 0 Å². The maximum Gasteiger partial charge on any atom is 0.0816 e. The van der Waals surface area contributed by atoms with Gasteiger partial charge in [-0.2, -0.15) is 5.10 Å². The summed E-state index contributed by atoms with van der Waals surface area (Å²) in [5.74, 6) is 0. The summed E-state index contributed by atoms with van der Waals surface area (Å²) in [5, 5.41) is 4.17. The second kappa shape index (κ2) is 3.71. The summed E-state index contributed by atoms with van der Waals surface area (Å²) in [6.07, 6.45) is 5.57. The van der Waals surface area contributed by atoms with Gasteiger partial charge in [-0.05, 0) is 37.0 Å². The van der Waals surface area contributed by atoms with Crippen LogP contribution in [0.15, 0.2) is 18.3 Å². The van der Waals surface area contributed by atoms with Crippen molar-refractivity contribution in [1.29, 1.82) is 0 Å². The first-order chi connectivity index (χ1) is 7.75. The average molecular weight is 233 g/mol. The number of hydrogen-bond donors (Lipinski definition) is 1. The number of aryl methyl sites for hydroxylation is 3. The van der Waals surface area contributed by atoms with E-state index in [1.165, 1.54) is 34.6 Å². The second-order valence-electron chi connectivity index (χ2n) is 4.31. The molecule has 0 amide bonds. The van der Waals surface area contributed by atoms with Crippen LogP contribution in [0, 0.1) is 0 Å². The molecule has 1 aliphatic carbocycles. The van der Waals surface area contributed by atoms with E-state index in [1.807, 2.05) is 29.1 Å². The van der Waals surface area contributed by atoms with Gasteiger partial charge in [-0.15, -0.1) is 11.3 Å². The lowest BCUT2D eigenvalue weighted by Crippen LogP contribution is -2.14. The highest BCUT2D eigenvalue weighted by molar-refractivity contribution is 7.12. The zero-order valence-electron chi connectivity index (χ0n) is 9.31. The van der Waals surface area contributed by atoms with E-state index in [4.69, 9.17) is 5.73 Å². The summed E-state index contributed by atoms with van der Waals surface area (Å²) in [6, 6.07) is 4.25. The highest BCUT2D eigenvalue weighted by atomic mass is 32.1. The molecule has 16 heavy (non-hydrogen) atoms. The third-order valence-corrected chi connectivity index (χ3v) is 4.57. The Morgan fingerprint density at radius 1 is 1.50 bits per heavy atom. The van der Waals surface area contributed by atoms with Gasteiger partial charge in [0.05, 0.1) is 11.7 Å². The molecular weight excluding hydrogens is 218 g/mol. The Balaban J connectivity index is 1.95. The highest BCUT2D eigenvalue weighted by Gasteiger charge is 2.20. The number of fused-ring (bicyclic) bond motifs is 1. The highest BCUT2D eigenvalue weighted by Crippen LogP contribution is 2.34. The number of nitrogens with two attached hydrogens (primary N) is 1. The summed E-state index contributed by atoms with van der Waals surface area (Å²) in [7, 11) is 1.94. The lowest BCUT2D eigenvalue weighted by Gasteiger charge is -2.09. The second-order valence-corrected chi connectivity index (χ2v) is 5.48. The van der Waals surface area contributed by atoms with Gasteiger partial charge in [0.25, 0.3) is 0 Å². The Morgan fingerprint density at radius 2 is 2.38 bits per heavy atom. The van der Waals surface area contributed by atoms with Gasteiger partial charge in [-0.3, -0.25) is 4.68 Å². The topological polar surface area (TPSA) is 43.8 Å². The number of aromatic nitrogens is 2. The van der Waals surface area contributed by atoms with Crippen LogP contribution < -0.4 is 5.73 Å². The Kier molecular flexibility index (Phi) is 2.33. The van der Waals surface area contributed by atoms with Crippen LogP contribution in [-0.4, -0.2) is 9.78 Å². The van der Waals surface area contributed by atoms with Gasteiger partial charge in [-0.25, -0.2) is 0 Å². The molecule has 1 atom stereocenters. The van der Waals surface area contributed by atoms with Gasteiger partial charge in [0.1, 0.15) is 0 Å². The standard InChI is InChI=1S/C12H15N3S/c1-15-9(5-6-14-15)12(13)11-7-8-3-2-4-10(8)16-11/h5-7,12H,2-4,13H2,1H3. The van der Waals surface area contributed by atoms with Crippen LogP contribution >= 0.6 is 11.3 Å². The largest absolute Gasteiger partial charge is 0.318 e. The van der Waals surface area contributed by atoms with Crippen molar-refractivity contribution < 1.29 is 0 Å². The molecule has 3 nitrogen and oxygen atoms in total. The van der Waals surface area contributed by atoms with Crippen molar-refractivity contribution in [3.63, 3.8) is 0 Å². The van der Waals surface area contributed by atoms with E-state index in [-0.39, 0.29) is 6.04 Å². The van der Waals surface area contributed by atoms with Crippen LogP contribution in [0.5, 0.6) is 0 Å². The molecule has 1 aliphatic rings. The molecule has 0 saturated carbocycles. The Morgan fingerprint density at radius 3 is 3.06 bits per heavy atom. The van der Waals surface area contributed by atoms with E-state index in [1.54, 1.807) is 6.20 Å². The number of nitrogens with zero attached hydrogens (tertiary/aromatic N) is 2. The SMILES string of the molecule is Cn1nccc1C(N)c1cc2c(s1)CCC2. The summed E-state index contributed by atoms with van der Waals surface area (Å²) in [6.45, 7) is 0. The van der Waals surface area contributed by atoms with Crippen molar-refractivity contribution >= 4 is 11.3 Å². The minimum absolute atomic E-state index is 0.0249. The number of hydrogen-bond acceptors (Lipinski definition) is 3. The van der Waals surface area contributed by atoms with Crippen molar-refractivity contribution in [2.75, 3.05) is 0 Å². The molecule has 0 bridgehead atoms. The van der Waals surface area contributed by atoms with Crippen LogP contribution in [0.4, 0.5) is 0 Å². The first-order valence-electron chi connectivity index (χ1n) is 5.60. The fourth-order valence-electron chi connectivity index (χ4n) is 2.34. The van der Waals surface area contributed by atoms with E-state index in [9.17, 15) is 0 Å². The van der Waals surface area contributed by atoms with Crippen molar-refractivity contribution in [2.24, 2.45) is 12.8 Å². The predicted molar refractivity (Wildman–Crippen MR) is 65.6 cm³/mol. The Hall–Kier alpha value is -1.13. The third-order valence-electron chi connectivity index (χ3n) is 3.25. The van der Waals surface area contributed by atoms with Gasteiger partial charge >= 0.3 is 0 Å². The summed E-state index contributed by atoms with van der Waals surface area (Å²) >= 11 is 1.87. The summed E-state index contributed by atoms with van der Waals surface area (Å²) in [4.78, 5) is 2.81. The molecule has 0 fully saturated rings. The molecule has 0 aliphatic heterocycles. The number of thiophene rings is 1. The minimum atomic E-state index is -0.0249. The van der Waals surface area contributed by atoms with Crippen LogP contribution in [0.3, 0.4) is 0 Å². The van der Waals surface area contributed by atoms with Crippen molar-refractivity contribution in [3.8, 4) is 0 Å². The molecule has 84 valence electrons. The first kappa shape index (κ1) is 10.1. The lowest BCUT2D eigenvalue weighted by molar-refractivity contribution is 0.678. The van der Waals surface area contributed by atoms with Gasteiger partial charge in [0.15, 0.2) is 0 Å². The quantitative estimate of drug-likeness (QED) is 0.862. The molecule has 0 spiro atoms. The normalized spacial score (nSPS) is 16.4. The zero-order chi connectivity index (χ0) is 11.1. The fourth-order valence-corrected chi connectivity index (χ4v) is 3.61. The van der Waals surface area contributed by atoms with E-state index in [0.717, 1.165) is 5.69 Å². The molecule has 0 radical (unpaired) electrons. The molecule has 2 N–H and O–H groups in total. The monoisotopic (exact) mass is 233 g/mol. The Bertz CT molecular complexity index is 491. The van der Waals surface area contributed by atoms with E-state index in [0.29, 0.717) is 0 Å². The minimum Gasteiger partial charge on any atom is -0.318 e. The molecule has 2 aromatic heterocycles. The van der Waals surface area contributed by atoms with Crippen molar-refractivity contribution in [3.05, 3.63) is 39.3 Å². The summed E-state index contributed by atoms with van der Waals surface area (Å²) in [5.41, 5.74) is 8.87. The average Bonchev–Trinajstić information content (AvgIpc) is 2.89. The molecule has 2 aromatic rings. The molecular formula is C12H15N3S. The smallest absolute Gasteiger partial charge is 0.0816 e. The summed E-state index contributed by atoms with van der Waals surface area (Å²) < 4.78 is 1.86.